The number of hydrogen-bond donors (Lipinski definition) is 1. The van der Waals surface area contributed by atoms with Crippen LogP contribution in [0, 0.1) is 0 Å². The quantitative estimate of drug-likeness (QED) is 0.840. The lowest BCUT2D eigenvalue weighted by atomic mass is 9.99. The number of carbonyl (C=O) groups is 2. The molecule has 1 atom stereocenters. The second kappa shape index (κ2) is 7.78. The number of nitrogens with zero attached hydrogens (tertiary/aromatic N) is 1. The summed E-state index contributed by atoms with van der Waals surface area (Å²) in [7, 11) is 1.10. The predicted octanol–water partition coefficient (Wildman–Crippen LogP) is 2.61. The van der Waals surface area contributed by atoms with Crippen LogP contribution in [0.5, 0.6) is 0 Å². The normalized spacial score (nSPS) is 12.3. The summed E-state index contributed by atoms with van der Waals surface area (Å²) in [5.41, 5.74) is -0.740. The first-order valence-electron chi connectivity index (χ1n) is 7.26. The third-order valence-corrected chi connectivity index (χ3v) is 3.48. The van der Waals surface area contributed by atoms with Crippen LogP contribution in [0.3, 0.4) is 0 Å². The summed E-state index contributed by atoms with van der Waals surface area (Å²) >= 11 is 0. The highest BCUT2D eigenvalue weighted by atomic mass is 19.4. The van der Waals surface area contributed by atoms with E-state index in [1.165, 1.54) is 42.7 Å². The second-order valence-electron chi connectivity index (χ2n) is 5.14. The molecule has 0 bridgehead atoms. The molecule has 0 unspecified atom stereocenters. The van der Waals surface area contributed by atoms with Crippen molar-refractivity contribution in [3.63, 3.8) is 0 Å². The zero-order chi connectivity index (χ0) is 18.4. The summed E-state index contributed by atoms with van der Waals surface area (Å²) in [6.07, 6.45) is -2.13. The molecule has 1 amide bonds. The summed E-state index contributed by atoms with van der Waals surface area (Å²) in [6, 6.07) is 6.47. The topological polar surface area (TPSA) is 68.3 Å². The maximum atomic E-state index is 13.1. The number of hydrogen-bond acceptors (Lipinski definition) is 4. The molecule has 1 aromatic carbocycles. The highest BCUT2D eigenvalue weighted by Crippen LogP contribution is 2.32. The van der Waals surface area contributed by atoms with E-state index >= 15 is 0 Å². The Kier molecular flexibility index (Phi) is 5.74. The van der Waals surface area contributed by atoms with Gasteiger partial charge in [0, 0.05) is 24.4 Å². The minimum atomic E-state index is -4.56. The highest BCUT2D eigenvalue weighted by Gasteiger charge is 2.34. The number of rotatable bonds is 5. The molecule has 0 saturated heterocycles. The maximum absolute atomic E-state index is 13.1. The van der Waals surface area contributed by atoms with Gasteiger partial charge in [-0.25, -0.2) is 4.79 Å². The van der Waals surface area contributed by atoms with Gasteiger partial charge in [0.1, 0.15) is 6.04 Å². The number of aromatic nitrogens is 1. The fourth-order valence-electron chi connectivity index (χ4n) is 2.28. The molecule has 8 heteroatoms. The fraction of sp³-hybridized carbons (Fsp3) is 0.235. The van der Waals surface area contributed by atoms with Gasteiger partial charge in [-0.1, -0.05) is 18.2 Å². The number of amides is 1. The lowest BCUT2D eigenvalue weighted by molar-refractivity contribution is -0.144. The number of halogens is 3. The first-order chi connectivity index (χ1) is 11.8. The summed E-state index contributed by atoms with van der Waals surface area (Å²) in [4.78, 5) is 27.9. The molecule has 2 aromatic rings. The van der Waals surface area contributed by atoms with Crippen LogP contribution >= 0.6 is 0 Å². The molecular formula is C17H15F3N2O3. The zero-order valence-electron chi connectivity index (χ0n) is 13.2. The van der Waals surface area contributed by atoms with E-state index in [-0.39, 0.29) is 17.5 Å². The van der Waals surface area contributed by atoms with Crippen molar-refractivity contribution in [3.05, 3.63) is 65.5 Å². The first kappa shape index (κ1) is 18.4. The van der Waals surface area contributed by atoms with Crippen molar-refractivity contribution in [1.29, 1.82) is 0 Å². The molecular weight excluding hydrogens is 337 g/mol. The van der Waals surface area contributed by atoms with E-state index < -0.39 is 29.7 Å². The van der Waals surface area contributed by atoms with Crippen molar-refractivity contribution in [2.24, 2.45) is 0 Å². The molecule has 0 fully saturated rings. The zero-order valence-corrected chi connectivity index (χ0v) is 13.2. The maximum Gasteiger partial charge on any atom is 0.416 e. The third-order valence-electron chi connectivity index (χ3n) is 3.48. The Morgan fingerprint density at radius 3 is 2.40 bits per heavy atom. The van der Waals surface area contributed by atoms with E-state index in [4.69, 9.17) is 0 Å². The standard InChI is InChI=1S/C17H15F3N2O3/c1-25-16(24)14(22-15(23)11-6-8-21-9-7-11)10-12-4-2-3-5-13(12)17(18,19)20/h2-9,14H,10H2,1H3,(H,22,23)/t14-/m0/s1. The minimum absolute atomic E-state index is 0.111. The summed E-state index contributed by atoms with van der Waals surface area (Å²) < 4.78 is 43.9. The van der Waals surface area contributed by atoms with Crippen molar-refractivity contribution < 1.29 is 27.5 Å². The molecule has 2 rings (SSSR count). The summed E-state index contributed by atoms with van der Waals surface area (Å²) in [5.74, 6) is -1.44. The number of methoxy groups -OCH3 is 1. The number of ether oxygens (including phenoxy) is 1. The van der Waals surface area contributed by atoms with Gasteiger partial charge in [0.05, 0.1) is 12.7 Å². The molecule has 0 aliphatic heterocycles. The molecule has 0 radical (unpaired) electrons. The number of carbonyl (C=O) groups excluding carboxylic acids is 2. The van der Waals surface area contributed by atoms with Gasteiger partial charge in [-0.15, -0.1) is 0 Å². The van der Waals surface area contributed by atoms with Gasteiger partial charge in [0.25, 0.3) is 5.91 Å². The molecule has 0 spiro atoms. The van der Waals surface area contributed by atoms with Crippen molar-refractivity contribution in [2.75, 3.05) is 7.11 Å². The molecule has 0 aliphatic carbocycles. The van der Waals surface area contributed by atoms with Crippen molar-refractivity contribution in [2.45, 2.75) is 18.6 Å². The van der Waals surface area contributed by atoms with Gasteiger partial charge in [-0.3, -0.25) is 9.78 Å². The van der Waals surface area contributed by atoms with Crippen LogP contribution in [-0.2, 0) is 22.1 Å². The Hall–Kier alpha value is -2.90. The molecule has 1 heterocycles. The van der Waals surface area contributed by atoms with E-state index in [9.17, 15) is 22.8 Å². The Bertz CT molecular complexity index is 748. The van der Waals surface area contributed by atoms with Gasteiger partial charge < -0.3 is 10.1 Å². The summed E-state index contributed by atoms with van der Waals surface area (Å²) in [5, 5.41) is 2.40. The molecule has 132 valence electrons. The Morgan fingerprint density at radius 1 is 1.16 bits per heavy atom. The number of nitrogens with one attached hydrogen (secondary N) is 1. The molecule has 1 aromatic heterocycles. The van der Waals surface area contributed by atoms with Crippen LogP contribution in [0.25, 0.3) is 0 Å². The number of alkyl halides is 3. The van der Waals surface area contributed by atoms with E-state index in [1.54, 1.807) is 0 Å². The van der Waals surface area contributed by atoms with Crippen molar-refractivity contribution in [1.82, 2.24) is 10.3 Å². The van der Waals surface area contributed by atoms with Gasteiger partial charge >= 0.3 is 12.1 Å². The SMILES string of the molecule is COC(=O)[C@H](Cc1ccccc1C(F)(F)F)NC(=O)c1ccncc1. The van der Waals surface area contributed by atoms with E-state index in [0.717, 1.165) is 13.2 Å². The largest absolute Gasteiger partial charge is 0.467 e. The van der Waals surface area contributed by atoms with Crippen LogP contribution < -0.4 is 5.32 Å². The van der Waals surface area contributed by atoms with Gasteiger partial charge in [-0.05, 0) is 23.8 Å². The number of benzene rings is 1. The number of esters is 1. The lowest BCUT2D eigenvalue weighted by Crippen LogP contribution is -2.43. The smallest absolute Gasteiger partial charge is 0.416 e. The van der Waals surface area contributed by atoms with Crippen LogP contribution in [0.1, 0.15) is 21.5 Å². The van der Waals surface area contributed by atoms with Gasteiger partial charge in [0.2, 0.25) is 0 Å². The Morgan fingerprint density at radius 2 is 1.80 bits per heavy atom. The number of pyridine rings is 1. The lowest BCUT2D eigenvalue weighted by Gasteiger charge is -2.19. The van der Waals surface area contributed by atoms with Crippen LogP contribution in [0.4, 0.5) is 13.2 Å². The predicted molar refractivity (Wildman–Crippen MR) is 82.7 cm³/mol. The van der Waals surface area contributed by atoms with Crippen molar-refractivity contribution in [3.8, 4) is 0 Å². The van der Waals surface area contributed by atoms with E-state index in [2.05, 4.69) is 15.0 Å². The monoisotopic (exact) mass is 352 g/mol. The summed E-state index contributed by atoms with van der Waals surface area (Å²) in [6.45, 7) is 0. The van der Waals surface area contributed by atoms with Crippen molar-refractivity contribution >= 4 is 11.9 Å². The molecule has 0 aliphatic rings. The Balaban J connectivity index is 2.25. The Labute approximate surface area is 141 Å². The average molecular weight is 352 g/mol. The minimum Gasteiger partial charge on any atom is -0.467 e. The fourth-order valence-corrected chi connectivity index (χ4v) is 2.28. The van der Waals surface area contributed by atoms with Crippen LogP contribution in [-0.4, -0.2) is 30.0 Å². The molecule has 0 saturated carbocycles. The third kappa shape index (κ3) is 4.79. The van der Waals surface area contributed by atoms with Gasteiger partial charge in [-0.2, -0.15) is 13.2 Å². The molecule has 1 N–H and O–H groups in total. The average Bonchev–Trinajstić information content (AvgIpc) is 2.60. The van der Waals surface area contributed by atoms with Gasteiger partial charge in [0.15, 0.2) is 0 Å². The van der Waals surface area contributed by atoms with E-state index in [0.29, 0.717) is 0 Å². The highest BCUT2D eigenvalue weighted by molar-refractivity contribution is 5.96. The molecule has 25 heavy (non-hydrogen) atoms. The van der Waals surface area contributed by atoms with Crippen LogP contribution in [0.15, 0.2) is 48.8 Å². The first-order valence-corrected chi connectivity index (χ1v) is 7.26. The van der Waals surface area contributed by atoms with Crippen LogP contribution in [0.2, 0.25) is 0 Å². The molecule has 5 nitrogen and oxygen atoms in total. The van der Waals surface area contributed by atoms with E-state index in [1.807, 2.05) is 0 Å². The second-order valence-corrected chi connectivity index (χ2v) is 5.14.